The van der Waals surface area contributed by atoms with E-state index in [9.17, 15) is 4.39 Å². The van der Waals surface area contributed by atoms with Crippen molar-refractivity contribution in [2.45, 2.75) is 51.7 Å². The zero-order valence-electron chi connectivity index (χ0n) is 12.3. The number of likely N-dealkylation sites (tertiary alicyclic amines) is 1. The summed E-state index contributed by atoms with van der Waals surface area (Å²) in [7, 11) is 0. The summed E-state index contributed by atoms with van der Waals surface area (Å²) in [6, 6.07) is 6.46. The highest BCUT2D eigenvalue weighted by molar-refractivity contribution is 9.10. The Morgan fingerprint density at radius 1 is 1.40 bits per heavy atom. The molecular formula is C16H24BrFN2. The Kier molecular flexibility index (Phi) is 6.00. The van der Waals surface area contributed by atoms with Crippen molar-refractivity contribution >= 4 is 15.9 Å². The monoisotopic (exact) mass is 342 g/mol. The van der Waals surface area contributed by atoms with Crippen molar-refractivity contribution in [2.75, 3.05) is 13.1 Å². The number of hydrogen-bond donors (Lipinski definition) is 1. The fourth-order valence-electron chi connectivity index (χ4n) is 2.74. The Balaban J connectivity index is 1.98. The largest absolute Gasteiger partial charge is 0.313 e. The normalized spacial score (nSPS) is 20.6. The molecule has 0 aromatic heterocycles. The Hall–Kier alpha value is -0.450. The summed E-state index contributed by atoms with van der Waals surface area (Å²) in [4.78, 5) is 2.53. The molecule has 112 valence electrons. The van der Waals surface area contributed by atoms with Crippen LogP contribution in [-0.2, 0) is 6.54 Å². The molecule has 0 spiro atoms. The van der Waals surface area contributed by atoms with Crippen molar-refractivity contribution in [3.8, 4) is 0 Å². The first-order valence-electron chi connectivity index (χ1n) is 7.47. The van der Waals surface area contributed by atoms with E-state index in [2.05, 4.69) is 40.0 Å². The van der Waals surface area contributed by atoms with Gasteiger partial charge in [-0.05, 0) is 53.0 Å². The van der Waals surface area contributed by atoms with Crippen LogP contribution in [0.25, 0.3) is 0 Å². The van der Waals surface area contributed by atoms with E-state index in [1.165, 1.54) is 24.8 Å². The molecule has 0 saturated carbocycles. The molecule has 1 N–H and O–H groups in total. The predicted octanol–water partition coefficient (Wildman–Crippen LogP) is 3.94. The molecule has 1 aromatic rings. The number of benzene rings is 1. The van der Waals surface area contributed by atoms with Gasteiger partial charge in [-0.25, -0.2) is 4.39 Å². The van der Waals surface area contributed by atoms with Gasteiger partial charge in [0, 0.05) is 25.2 Å². The van der Waals surface area contributed by atoms with Crippen LogP contribution in [0.5, 0.6) is 0 Å². The zero-order chi connectivity index (χ0) is 14.5. The van der Waals surface area contributed by atoms with E-state index in [1.807, 2.05) is 12.1 Å². The Labute approximate surface area is 129 Å². The topological polar surface area (TPSA) is 15.3 Å². The van der Waals surface area contributed by atoms with Gasteiger partial charge in [-0.1, -0.05) is 26.3 Å². The molecule has 1 fully saturated rings. The molecule has 1 saturated heterocycles. The minimum Gasteiger partial charge on any atom is -0.313 e. The van der Waals surface area contributed by atoms with Crippen molar-refractivity contribution in [3.63, 3.8) is 0 Å². The number of rotatable bonds is 5. The van der Waals surface area contributed by atoms with E-state index in [0.717, 1.165) is 19.6 Å². The number of nitrogens with zero attached hydrogens (tertiary/aromatic N) is 1. The minimum absolute atomic E-state index is 0.189. The molecule has 1 atom stereocenters. The van der Waals surface area contributed by atoms with Crippen molar-refractivity contribution in [2.24, 2.45) is 0 Å². The van der Waals surface area contributed by atoms with Gasteiger partial charge < -0.3 is 5.32 Å². The summed E-state index contributed by atoms with van der Waals surface area (Å²) in [6.07, 6.45) is 3.83. The second-order valence-electron chi connectivity index (χ2n) is 5.93. The van der Waals surface area contributed by atoms with Gasteiger partial charge in [0.2, 0.25) is 0 Å². The van der Waals surface area contributed by atoms with Crippen LogP contribution in [0.2, 0.25) is 0 Å². The predicted molar refractivity (Wildman–Crippen MR) is 85.3 cm³/mol. The Morgan fingerprint density at radius 3 is 2.90 bits per heavy atom. The van der Waals surface area contributed by atoms with E-state index < -0.39 is 0 Å². The molecule has 0 aliphatic carbocycles. The average molecular weight is 343 g/mol. The quantitative estimate of drug-likeness (QED) is 0.871. The molecule has 20 heavy (non-hydrogen) atoms. The van der Waals surface area contributed by atoms with Crippen LogP contribution in [0, 0.1) is 5.82 Å². The first-order valence-corrected chi connectivity index (χ1v) is 8.27. The van der Waals surface area contributed by atoms with Crippen LogP contribution in [0.3, 0.4) is 0 Å². The van der Waals surface area contributed by atoms with E-state index >= 15 is 0 Å². The Bertz CT molecular complexity index is 436. The number of piperidine rings is 1. The minimum atomic E-state index is -0.189. The highest BCUT2D eigenvalue weighted by Crippen LogP contribution is 2.22. The van der Waals surface area contributed by atoms with Crippen molar-refractivity contribution in [3.05, 3.63) is 34.1 Å². The fraction of sp³-hybridized carbons (Fsp3) is 0.625. The molecule has 4 heteroatoms. The molecule has 0 bridgehead atoms. The van der Waals surface area contributed by atoms with Crippen molar-refractivity contribution in [1.29, 1.82) is 0 Å². The maximum absolute atomic E-state index is 13.3. The molecule has 1 aliphatic heterocycles. The van der Waals surface area contributed by atoms with Crippen LogP contribution in [0.1, 0.15) is 38.7 Å². The lowest BCUT2D eigenvalue weighted by Gasteiger charge is -2.36. The lowest BCUT2D eigenvalue weighted by Crippen LogP contribution is -2.46. The smallest absolute Gasteiger partial charge is 0.137 e. The molecule has 1 unspecified atom stereocenters. The third-order valence-corrected chi connectivity index (χ3v) is 4.49. The Morgan fingerprint density at radius 2 is 2.20 bits per heavy atom. The van der Waals surface area contributed by atoms with Gasteiger partial charge in [-0.3, -0.25) is 4.90 Å². The third-order valence-electron chi connectivity index (χ3n) is 3.88. The second kappa shape index (κ2) is 7.53. The summed E-state index contributed by atoms with van der Waals surface area (Å²) in [5.74, 6) is -0.189. The summed E-state index contributed by atoms with van der Waals surface area (Å²) < 4.78 is 13.9. The van der Waals surface area contributed by atoms with E-state index in [4.69, 9.17) is 0 Å². The summed E-state index contributed by atoms with van der Waals surface area (Å²) in [5, 5.41) is 3.54. The summed E-state index contributed by atoms with van der Waals surface area (Å²) in [5.41, 5.74) is 1.18. The maximum atomic E-state index is 13.3. The number of nitrogens with one attached hydrogen (secondary N) is 1. The lowest BCUT2D eigenvalue weighted by atomic mass is 10.0. The summed E-state index contributed by atoms with van der Waals surface area (Å²) >= 11 is 3.27. The summed E-state index contributed by atoms with van der Waals surface area (Å²) in [6.45, 7) is 7.46. The van der Waals surface area contributed by atoms with Gasteiger partial charge in [-0.2, -0.15) is 0 Å². The molecule has 0 radical (unpaired) electrons. The van der Waals surface area contributed by atoms with Crippen molar-refractivity contribution in [1.82, 2.24) is 10.2 Å². The van der Waals surface area contributed by atoms with E-state index in [-0.39, 0.29) is 5.82 Å². The van der Waals surface area contributed by atoms with Gasteiger partial charge in [0.25, 0.3) is 0 Å². The van der Waals surface area contributed by atoms with Crippen molar-refractivity contribution < 1.29 is 4.39 Å². The highest BCUT2D eigenvalue weighted by Gasteiger charge is 2.22. The van der Waals surface area contributed by atoms with Gasteiger partial charge in [0.1, 0.15) is 5.82 Å². The molecule has 0 amide bonds. The molecule has 1 aromatic carbocycles. The van der Waals surface area contributed by atoms with Crippen LogP contribution in [0.4, 0.5) is 4.39 Å². The van der Waals surface area contributed by atoms with Crippen LogP contribution >= 0.6 is 15.9 Å². The number of hydrogen-bond acceptors (Lipinski definition) is 2. The average Bonchev–Trinajstić information content (AvgIpc) is 2.42. The van der Waals surface area contributed by atoms with Gasteiger partial charge in [0.05, 0.1) is 4.47 Å². The van der Waals surface area contributed by atoms with E-state index in [0.29, 0.717) is 16.6 Å². The molecule has 1 aliphatic rings. The van der Waals surface area contributed by atoms with Crippen LogP contribution < -0.4 is 5.32 Å². The van der Waals surface area contributed by atoms with Crippen LogP contribution in [0.15, 0.2) is 22.7 Å². The second-order valence-corrected chi connectivity index (χ2v) is 6.79. The molecular weight excluding hydrogens is 319 g/mol. The molecule has 2 nitrogen and oxygen atoms in total. The first kappa shape index (κ1) is 15.9. The standard InChI is InChI=1S/C16H24BrFN2/c1-12(2)19-10-14-5-3-4-8-20(14)11-13-6-7-16(18)15(17)9-13/h6-7,9,12,14,19H,3-5,8,10-11H2,1-2H3. The van der Waals surface area contributed by atoms with Gasteiger partial charge in [-0.15, -0.1) is 0 Å². The molecule has 1 heterocycles. The van der Waals surface area contributed by atoms with Crippen LogP contribution in [-0.4, -0.2) is 30.1 Å². The number of halogens is 2. The molecule has 2 rings (SSSR count). The van der Waals surface area contributed by atoms with Gasteiger partial charge >= 0.3 is 0 Å². The van der Waals surface area contributed by atoms with Gasteiger partial charge in [0.15, 0.2) is 0 Å². The first-order chi connectivity index (χ1) is 9.56. The van der Waals surface area contributed by atoms with E-state index in [1.54, 1.807) is 6.07 Å². The highest BCUT2D eigenvalue weighted by atomic mass is 79.9. The zero-order valence-corrected chi connectivity index (χ0v) is 13.9. The lowest BCUT2D eigenvalue weighted by molar-refractivity contribution is 0.135. The maximum Gasteiger partial charge on any atom is 0.137 e. The third kappa shape index (κ3) is 4.54. The SMILES string of the molecule is CC(C)NCC1CCCCN1Cc1ccc(F)c(Br)c1. The fourth-order valence-corrected chi connectivity index (χ4v) is 3.17.